The van der Waals surface area contributed by atoms with Crippen LogP contribution >= 0.6 is 23.2 Å². The molecular formula is C25H24Cl2N2O3S. The first-order valence-corrected chi connectivity index (χ1v) is 13.2. The summed E-state index contributed by atoms with van der Waals surface area (Å²) in [7, 11) is -3.59. The Balaban J connectivity index is 1.50. The fourth-order valence-electron chi connectivity index (χ4n) is 4.16. The Morgan fingerprint density at radius 1 is 1.03 bits per heavy atom. The molecule has 3 aromatic carbocycles. The van der Waals surface area contributed by atoms with Gasteiger partial charge >= 0.3 is 0 Å². The Hall–Kier alpha value is -2.54. The fourth-order valence-corrected chi connectivity index (χ4v) is 5.54. The van der Waals surface area contributed by atoms with Gasteiger partial charge in [-0.1, -0.05) is 59.6 Å². The molecule has 8 heteroatoms. The summed E-state index contributed by atoms with van der Waals surface area (Å²) >= 11 is 12.1. The highest BCUT2D eigenvalue weighted by Crippen LogP contribution is 2.30. The molecule has 1 unspecified atom stereocenters. The largest absolute Gasteiger partial charge is 0.345 e. The number of amides is 1. The lowest BCUT2D eigenvalue weighted by molar-refractivity contribution is 0.0932. The summed E-state index contributed by atoms with van der Waals surface area (Å²) < 4.78 is 26.1. The number of nitrogens with one attached hydrogen (secondary N) is 1. The third kappa shape index (κ3) is 5.69. The van der Waals surface area contributed by atoms with E-state index < -0.39 is 10.0 Å². The summed E-state index contributed by atoms with van der Waals surface area (Å²) in [4.78, 5) is 12.9. The first kappa shape index (κ1) is 23.6. The minimum Gasteiger partial charge on any atom is -0.345 e. The van der Waals surface area contributed by atoms with Gasteiger partial charge in [0.1, 0.15) is 0 Å². The summed E-state index contributed by atoms with van der Waals surface area (Å²) in [6, 6.07) is 19.8. The molecule has 0 aromatic heterocycles. The molecule has 172 valence electrons. The van der Waals surface area contributed by atoms with E-state index in [0.29, 0.717) is 21.3 Å². The van der Waals surface area contributed by atoms with Crippen molar-refractivity contribution in [2.24, 2.45) is 0 Å². The normalized spacial score (nSPS) is 15.5. The van der Waals surface area contributed by atoms with E-state index >= 15 is 0 Å². The van der Waals surface area contributed by atoms with Crippen LogP contribution in [0.3, 0.4) is 0 Å². The number of carbonyl (C=O) groups is 1. The molecule has 0 radical (unpaired) electrons. The van der Waals surface area contributed by atoms with Crippen LogP contribution in [-0.2, 0) is 23.0 Å². The second-order valence-electron chi connectivity index (χ2n) is 8.21. The van der Waals surface area contributed by atoms with E-state index in [-0.39, 0.29) is 18.5 Å². The lowest BCUT2D eigenvalue weighted by atomic mass is 9.87. The highest BCUT2D eigenvalue weighted by atomic mass is 35.5. The minimum atomic E-state index is -3.59. The minimum absolute atomic E-state index is 0.00423. The zero-order valence-corrected chi connectivity index (χ0v) is 20.4. The van der Waals surface area contributed by atoms with Crippen molar-refractivity contribution < 1.29 is 13.2 Å². The number of fused-ring (bicyclic) bond motifs is 1. The van der Waals surface area contributed by atoms with Crippen LogP contribution in [0.25, 0.3) is 0 Å². The maximum atomic E-state index is 12.9. The molecule has 1 N–H and O–H groups in total. The summed E-state index contributed by atoms with van der Waals surface area (Å²) in [5.74, 6) is -0.148. The van der Waals surface area contributed by atoms with Gasteiger partial charge in [0.05, 0.1) is 24.5 Å². The van der Waals surface area contributed by atoms with Crippen molar-refractivity contribution in [1.29, 1.82) is 0 Å². The number of anilines is 1. The molecule has 0 saturated carbocycles. The molecule has 1 aliphatic rings. The van der Waals surface area contributed by atoms with Crippen LogP contribution in [0.4, 0.5) is 5.69 Å². The molecule has 3 aromatic rings. The van der Waals surface area contributed by atoms with E-state index in [1.807, 2.05) is 12.1 Å². The molecule has 0 fully saturated rings. The topological polar surface area (TPSA) is 66.5 Å². The number of benzene rings is 3. The summed E-state index contributed by atoms with van der Waals surface area (Å²) in [6.45, 7) is 0.0907. The molecule has 5 nitrogen and oxygen atoms in total. The number of rotatable bonds is 6. The van der Waals surface area contributed by atoms with Gasteiger partial charge in [0.2, 0.25) is 10.0 Å². The van der Waals surface area contributed by atoms with E-state index in [1.54, 1.807) is 42.5 Å². The van der Waals surface area contributed by atoms with Gasteiger partial charge in [0.15, 0.2) is 0 Å². The molecule has 0 saturated heterocycles. The van der Waals surface area contributed by atoms with E-state index in [2.05, 4.69) is 17.4 Å². The van der Waals surface area contributed by atoms with Gasteiger partial charge in [-0.2, -0.15) is 0 Å². The molecule has 1 atom stereocenters. The molecular weight excluding hydrogens is 479 g/mol. The van der Waals surface area contributed by atoms with Crippen LogP contribution in [0, 0.1) is 0 Å². The van der Waals surface area contributed by atoms with Crippen LogP contribution in [0.1, 0.15) is 45.9 Å². The fraction of sp³-hybridized carbons (Fsp3) is 0.240. The Morgan fingerprint density at radius 2 is 1.70 bits per heavy atom. The zero-order chi connectivity index (χ0) is 23.6. The summed E-state index contributed by atoms with van der Waals surface area (Å²) in [5, 5.41) is 3.84. The van der Waals surface area contributed by atoms with Gasteiger partial charge in [0.25, 0.3) is 5.91 Å². The second kappa shape index (κ2) is 9.75. The van der Waals surface area contributed by atoms with Crippen molar-refractivity contribution in [2.45, 2.75) is 31.8 Å². The summed E-state index contributed by atoms with van der Waals surface area (Å²) in [6.07, 6.45) is 4.11. The Kier molecular flexibility index (Phi) is 6.98. The molecule has 33 heavy (non-hydrogen) atoms. The Bertz CT molecular complexity index is 1260. The number of hydrogen-bond acceptors (Lipinski definition) is 3. The number of hydrogen-bond donors (Lipinski definition) is 1. The molecule has 0 heterocycles. The SMILES string of the molecule is CS(=O)(=O)N(Cc1ccc(C(=O)NC2CCCc3ccccc32)cc1)c1cc(Cl)cc(Cl)c1. The van der Waals surface area contributed by atoms with Crippen molar-refractivity contribution in [3.63, 3.8) is 0 Å². The van der Waals surface area contributed by atoms with E-state index in [4.69, 9.17) is 23.2 Å². The lowest BCUT2D eigenvalue weighted by Crippen LogP contribution is -2.31. The third-order valence-electron chi connectivity index (χ3n) is 5.75. The smallest absolute Gasteiger partial charge is 0.251 e. The Labute approximate surface area is 204 Å². The van der Waals surface area contributed by atoms with Crippen molar-refractivity contribution in [3.05, 3.63) is 99.0 Å². The first-order chi connectivity index (χ1) is 15.7. The van der Waals surface area contributed by atoms with Crippen LogP contribution in [-0.4, -0.2) is 20.6 Å². The van der Waals surface area contributed by atoms with Crippen LogP contribution in [0.5, 0.6) is 0 Å². The average Bonchev–Trinajstić information content (AvgIpc) is 2.76. The van der Waals surface area contributed by atoms with Crippen molar-refractivity contribution >= 4 is 44.8 Å². The molecule has 1 aliphatic carbocycles. The quantitative estimate of drug-likeness (QED) is 0.465. The van der Waals surface area contributed by atoms with Crippen molar-refractivity contribution in [1.82, 2.24) is 5.32 Å². The predicted octanol–water partition coefficient (Wildman–Crippen LogP) is 5.77. The van der Waals surface area contributed by atoms with Crippen LogP contribution in [0.15, 0.2) is 66.7 Å². The lowest BCUT2D eigenvalue weighted by Gasteiger charge is -2.26. The van der Waals surface area contributed by atoms with Gasteiger partial charge in [-0.15, -0.1) is 0 Å². The van der Waals surface area contributed by atoms with Crippen LogP contribution in [0.2, 0.25) is 10.0 Å². The highest BCUT2D eigenvalue weighted by Gasteiger charge is 2.22. The number of aryl methyl sites for hydroxylation is 1. The number of carbonyl (C=O) groups excluding carboxylic acids is 1. The van der Waals surface area contributed by atoms with Gasteiger partial charge in [-0.3, -0.25) is 9.10 Å². The van der Waals surface area contributed by atoms with Gasteiger partial charge in [-0.25, -0.2) is 8.42 Å². The number of halogens is 2. The molecule has 0 spiro atoms. The zero-order valence-electron chi connectivity index (χ0n) is 18.1. The average molecular weight is 503 g/mol. The molecule has 0 aliphatic heterocycles. The maximum absolute atomic E-state index is 12.9. The van der Waals surface area contributed by atoms with Gasteiger partial charge in [-0.05, 0) is 66.3 Å². The monoisotopic (exact) mass is 502 g/mol. The predicted molar refractivity (Wildman–Crippen MR) is 134 cm³/mol. The number of nitrogens with zero attached hydrogens (tertiary/aromatic N) is 1. The Morgan fingerprint density at radius 3 is 2.36 bits per heavy atom. The number of sulfonamides is 1. The van der Waals surface area contributed by atoms with E-state index in [1.165, 1.54) is 15.4 Å². The first-order valence-electron chi connectivity index (χ1n) is 10.6. The standard InChI is InChI=1S/C25H24Cl2N2O3S/c1-33(31,32)29(22-14-20(26)13-21(27)15-22)16-17-9-11-19(12-10-17)25(30)28-24-8-4-6-18-5-2-3-7-23(18)24/h2-3,5,7,9-15,24H,4,6,8,16H2,1H3,(H,28,30). The van der Waals surface area contributed by atoms with Gasteiger partial charge in [0, 0.05) is 15.6 Å². The third-order valence-corrected chi connectivity index (χ3v) is 7.33. The maximum Gasteiger partial charge on any atom is 0.251 e. The van der Waals surface area contributed by atoms with E-state index in [9.17, 15) is 13.2 Å². The summed E-state index contributed by atoms with van der Waals surface area (Å²) in [5.41, 5.74) is 4.10. The van der Waals surface area contributed by atoms with Crippen LogP contribution < -0.4 is 9.62 Å². The second-order valence-corrected chi connectivity index (χ2v) is 11.0. The molecule has 4 rings (SSSR count). The van der Waals surface area contributed by atoms with Crippen molar-refractivity contribution in [2.75, 3.05) is 10.6 Å². The molecule has 0 bridgehead atoms. The van der Waals surface area contributed by atoms with Gasteiger partial charge < -0.3 is 5.32 Å². The van der Waals surface area contributed by atoms with Crippen molar-refractivity contribution in [3.8, 4) is 0 Å². The highest BCUT2D eigenvalue weighted by molar-refractivity contribution is 7.92. The van der Waals surface area contributed by atoms with E-state index in [0.717, 1.165) is 31.1 Å². The molecule has 1 amide bonds.